The Bertz CT molecular complexity index is 648. The van der Waals surface area contributed by atoms with E-state index in [0.717, 1.165) is 16.9 Å². The van der Waals surface area contributed by atoms with Crippen LogP contribution in [-0.2, 0) is 0 Å². The van der Waals surface area contributed by atoms with Crippen LogP contribution in [0.15, 0.2) is 53.5 Å². The van der Waals surface area contributed by atoms with Gasteiger partial charge in [0.25, 0.3) is 5.69 Å². The van der Waals surface area contributed by atoms with Gasteiger partial charge >= 0.3 is 0 Å². The van der Waals surface area contributed by atoms with Gasteiger partial charge in [0.2, 0.25) is 0 Å². The number of para-hydroxylation sites is 2. The van der Waals surface area contributed by atoms with E-state index < -0.39 is 4.92 Å². The van der Waals surface area contributed by atoms with Crippen LogP contribution in [0, 0.1) is 10.1 Å². The van der Waals surface area contributed by atoms with E-state index in [2.05, 4.69) is 10.3 Å². The third-order valence-electron chi connectivity index (χ3n) is 2.67. The zero-order valence-electron chi connectivity index (χ0n) is 9.28. The van der Waals surface area contributed by atoms with Crippen molar-refractivity contribution in [3.8, 4) is 0 Å². The molecule has 0 bridgehead atoms. The van der Waals surface area contributed by atoms with Crippen LogP contribution < -0.4 is 5.32 Å². The van der Waals surface area contributed by atoms with Crippen LogP contribution in [0.3, 0.4) is 0 Å². The quantitative estimate of drug-likeness (QED) is 0.596. The Morgan fingerprint density at radius 1 is 0.944 bits per heavy atom. The van der Waals surface area contributed by atoms with Gasteiger partial charge in [-0.05, 0) is 24.3 Å². The second-order valence-corrected chi connectivity index (χ2v) is 3.84. The maximum Gasteiger partial charge on any atom is 0.269 e. The van der Waals surface area contributed by atoms with Crippen LogP contribution in [0.25, 0.3) is 0 Å². The maximum atomic E-state index is 10.6. The molecule has 0 unspecified atom stereocenters. The van der Waals surface area contributed by atoms with Gasteiger partial charge < -0.3 is 0 Å². The molecule has 0 aliphatic carbocycles. The molecule has 1 radical (unpaired) electrons. The van der Waals surface area contributed by atoms with Crippen LogP contribution in [0.2, 0.25) is 0 Å². The fourth-order valence-corrected chi connectivity index (χ4v) is 1.77. The van der Waals surface area contributed by atoms with Crippen LogP contribution >= 0.6 is 0 Å². The summed E-state index contributed by atoms with van der Waals surface area (Å²) in [6.45, 7) is 0. The number of nitro benzene ring substituents is 1. The topological polar surface area (TPSA) is 69.6 Å². The van der Waals surface area contributed by atoms with Crippen molar-refractivity contribution in [2.75, 3.05) is 0 Å². The number of amidine groups is 1. The minimum absolute atomic E-state index is 0.0647. The predicted molar refractivity (Wildman–Crippen MR) is 67.5 cm³/mol. The van der Waals surface area contributed by atoms with Crippen molar-refractivity contribution in [2.45, 2.75) is 0 Å². The fourth-order valence-electron chi connectivity index (χ4n) is 1.77. The van der Waals surface area contributed by atoms with Crippen molar-refractivity contribution >= 4 is 22.9 Å². The molecule has 2 aromatic carbocycles. The molecule has 0 spiro atoms. The Hall–Kier alpha value is -2.69. The number of non-ortho nitro benzene ring substituents is 1. The average Bonchev–Trinajstić information content (AvgIpc) is 2.82. The molecule has 1 aliphatic rings. The average molecular weight is 238 g/mol. The zero-order valence-corrected chi connectivity index (χ0v) is 9.28. The minimum Gasteiger partial charge on any atom is -0.258 e. The summed E-state index contributed by atoms with van der Waals surface area (Å²) in [6.07, 6.45) is 0. The van der Waals surface area contributed by atoms with Crippen molar-refractivity contribution in [3.05, 3.63) is 64.2 Å². The van der Waals surface area contributed by atoms with Gasteiger partial charge in [0.15, 0.2) is 5.84 Å². The summed E-state index contributed by atoms with van der Waals surface area (Å²) in [5.41, 5.74) is 2.49. The lowest BCUT2D eigenvalue weighted by molar-refractivity contribution is -0.384. The highest BCUT2D eigenvalue weighted by Crippen LogP contribution is 2.31. The molecule has 18 heavy (non-hydrogen) atoms. The standard InChI is InChI=1S/C13H8N3O2/c17-16(18)10-7-5-9(6-8-10)13-14-11-3-1-2-4-12(11)15-13/h1-8H. The number of nitro groups is 1. The summed E-state index contributed by atoms with van der Waals surface area (Å²) in [7, 11) is 0. The molecule has 0 amide bonds. The Balaban J connectivity index is 1.92. The van der Waals surface area contributed by atoms with Gasteiger partial charge in [0, 0.05) is 17.7 Å². The molecule has 0 fully saturated rings. The number of hydrogen-bond acceptors (Lipinski definition) is 3. The van der Waals surface area contributed by atoms with Crippen LogP contribution in [0.1, 0.15) is 5.56 Å². The van der Waals surface area contributed by atoms with Crippen molar-refractivity contribution in [1.82, 2.24) is 5.32 Å². The van der Waals surface area contributed by atoms with Crippen molar-refractivity contribution in [3.63, 3.8) is 0 Å². The number of fused-ring (bicyclic) bond motifs is 1. The first kappa shape index (κ1) is 10.5. The van der Waals surface area contributed by atoms with E-state index >= 15 is 0 Å². The normalized spacial score (nSPS) is 12.6. The second-order valence-electron chi connectivity index (χ2n) is 3.84. The lowest BCUT2D eigenvalue weighted by Crippen LogP contribution is -2.07. The van der Waals surface area contributed by atoms with Crippen LogP contribution in [0.4, 0.5) is 17.1 Å². The number of aliphatic imine (C=N–C) groups is 1. The smallest absolute Gasteiger partial charge is 0.258 e. The first-order valence-electron chi connectivity index (χ1n) is 5.38. The molecule has 0 saturated heterocycles. The van der Waals surface area contributed by atoms with E-state index in [0.29, 0.717) is 5.84 Å². The van der Waals surface area contributed by atoms with Gasteiger partial charge in [-0.3, -0.25) is 10.1 Å². The fraction of sp³-hybridized carbons (Fsp3) is 0. The number of rotatable bonds is 2. The summed E-state index contributed by atoms with van der Waals surface area (Å²) in [6, 6.07) is 13.8. The van der Waals surface area contributed by atoms with Crippen molar-refractivity contribution in [2.24, 2.45) is 4.99 Å². The molecule has 2 aromatic rings. The second kappa shape index (κ2) is 3.96. The molecule has 0 N–H and O–H groups in total. The van der Waals surface area contributed by atoms with Crippen LogP contribution in [0.5, 0.6) is 0 Å². The van der Waals surface area contributed by atoms with Gasteiger partial charge in [-0.25, -0.2) is 10.3 Å². The minimum atomic E-state index is -0.424. The van der Waals surface area contributed by atoms with Crippen molar-refractivity contribution in [1.29, 1.82) is 0 Å². The summed E-state index contributed by atoms with van der Waals surface area (Å²) < 4.78 is 0. The van der Waals surface area contributed by atoms with Gasteiger partial charge in [0.1, 0.15) is 0 Å². The largest absolute Gasteiger partial charge is 0.269 e. The molecule has 1 aliphatic heterocycles. The van der Waals surface area contributed by atoms with E-state index in [9.17, 15) is 10.1 Å². The molecule has 87 valence electrons. The summed E-state index contributed by atoms with van der Waals surface area (Å²) in [4.78, 5) is 14.5. The van der Waals surface area contributed by atoms with E-state index in [-0.39, 0.29) is 5.69 Å². The van der Waals surface area contributed by atoms with Gasteiger partial charge in [-0.2, -0.15) is 0 Å². The monoisotopic (exact) mass is 238 g/mol. The summed E-state index contributed by atoms with van der Waals surface area (Å²) >= 11 is 0. The van der Waals surface area contributed by atoms with E-state index in [1.165, 1.54) is 12.1 Å². The molecule has 5 heteroatoms. The Labute approximate surface area is 103 Å². The predicted octanol–water partition coefficient (Wildman–Crippen LogP) is 2.92. The highest BCUT2D eigenvalue weighted by Gasteiger charge is 2.17. The molecule has 0 saturated carbocycles. The Kier molecular flexibility index (Phi) is 2.30. The molecule has 0 aromatic heterocycles. The Morgan fingerprint density at radius 2 is 1.61 bits per heavy atom. The number of benzene rings is 2. The number of hydrogen-bond donors (Lipinski definition) is 0. The van der Waals surface area contributed by atoms with Crippen LogP contribution in [-0.4, -0.2) is 10.8 Å². The van der Waals surface area contributed by atoms with Gasteiger partial charge in [0.05, 0.1) is 16.3 Å². The summed E-state index contributed by atoms with van der Waals surface area (Å²) in [5.74, 6) is 0.589. The molecule has 0 atom stereocenters. The highest BCUT2D eigenvalue weighted by molar-refractivity contribution is 6.07. The third-order valence-corrected chi connectivity index (χ3v) is 2.67. The molecular formula is C13H8N3O2. The molecular weight excluding hydrogens is 230 g/mol. The Morgan fingerprint density at radius 3 is 2.22 bits per heavy atom. The zero-order chi connectivity index (χ0) is 12.5. The van der Waals surface area contributed by atoms with Gasteiger partial charge in [-0.1, -0.05) is 12.1 Å². The molecule has 3 rings (SSSR count). The third kappa shape index (κ3) is 1.71. The van der Waals surface area contributed by atoms with Gasteiger partial charge in [-0.15, -0.1) is 0 Å². The SMILES string of the molecule is O=[N+]([O-])c1ccc(C2=Nc3ccccc3[N]2)cc1. The first-order chi connectivity index (χ1) is 8.74. The first-order valence-corrected chi connectivity index (χ1v) is 5.38. The molecule has 1 heterocycles. The molecule has 5 nitrogen and oxygen atoms in total. The lowest BCUT2D eigenvalue weighted by atomic mass is 10.2. The maximum absolute atomic E-state index is 10.6. The van der Waals surface area contributed by atoms with E-state index in [1.54, 1.807) is 12.1 Å². The van der Waals surface area contributed by atoms with E-state index in [4.69, 9.17) is 0 Å². The van der Waals surface area contributed by atoms with E-state index in [1.807, 2.05) is 24.3 Å². The summed E-state index contributed by atoms with van der Waals surface area (Å²) in [5, 5.41) is 14.9. The highest BCUT2D eigenvalue weighted by atomic mass is 16.6. The number of nitrogens with zero attached hydrogens (tertiary/aromatic N) is 3. The van der Waals surface area contributed by atoms with Crippen molar-refractivity contribution < 1.29 is 4.92 Å². The lowest BCUT2D eigenvalue weighted by Gasteiger charge is -1.99.